The lowest BCUT2D eigenvalue weighted by atomic mass is 10.2. The van der Waals surface area contributed by atoms with Gasteiger partial charge in [-0.1, -0.05) is 35.3 Å². The highest BCUT2D eigenvalue weighted by atomic mass is 35.5. The van der Waals surface area contributed by atoms with Crippen molar-refractivity contribution in [1.82, 2.24) is 4.57 Å². The first-order chi connectivity index (χ1) is 11.0. The normalized spacial score (nSPS) is 10.8. The summed E-state index contributed by atoms with van der Waals surface area (Å²) in [7, 11) is 3.43. The number of ether oxygens (including phenoxy) is 1. The number of halogens is 2. The molecule has 0 atom stereocenters. The number of amides is 1. The van der Waals surface area contributed by atoms with Gasteiger partial charge in [0.1, 0.15) is 11.4 Å². The first-order valence-electron chi connectivity index (χ1n) is 6.90. The number of hydrogen-bond donors (Lipinski definition) is 1. The molecule has 0 fully saturated rings. The number of fused-ring (bicyclic) bond motifs is 1. The highest BCUT2D eigenvalue weighted by molar-refractivity contribution is 6.44. The van der Waals surface area contributed by atoms with E-state index in [0.717, 1.165) is 16.7 Å². The van der Waals surface area contributed by atoms with Crippen molar-refractivity contribution in [2.75, 3.05) is 12.4 Å². The lowest BCUT2D eigenvalue weighted by Crippen LogP contribution is -2.15. The van der Waals surface area contributed by atoms with Crippen LogP contribution in [0.5, 0.6) is 5.75 Å². The lowest BCUT2D eigenvalue weighted by molar-refractivity contribution is 0.102. The quantitative estimate of drug-likeness (QED) is 0.742. The topological polar surface area (TPSA) is 43.3 Å². The summed E-state index contributed by atoms with van der Waals surface area (Å²) in [6.07, 6.45) is 0. The van der Waals surface area contributed by atoms with Crippen LogP contribution in [-0.2, 0) is 7.05 Å². The summed E-state index contributed by atoms with van der Waals surface area (Å²) >= 11 is 12.1. The van der Waals surface area contributed by atoms with E-state index in [1.165, 1.54) is 0 Å². The molecule has 0 bridgehead atoms. The minimum absolute atomic E-state index is 0.269. The second kappa shape index (κ2) is 6.14. The van der Waals surface area contributed by atoms with Gasteiger partial charge in [-0.25, -0.2) is 0 Å². The van der Waals surface area contributed by atoms with E-state index in [9.17, 15) is 4.79 Å². The van der Waals surface area contributed by atoms with E-state index in [2.05, 4.69) is 5.32 Å². The van der Waals surface area contributed by atoms with Crippen LogP contribution < -0.4 is 10.1 Å². The van der Waals surface area contributed by atoms with Crippen LogP contribution >= 0.6 is 23.2 Å². The summed E-state index contributed by atoms with van der Waals surface area (Å²) in [5, 5.41) is 4.37. The van der Waals surface area contributed by atoms with Crippen LogP contribution in [0.3, 0.4) is 0 Å². The maximum absolute atomic E-state index is 12.6. The molecule has 1 aromatic heterocycles. The van der Waals surface area contributed by atoms with E-state index >= 15 is 0 Å². The fourth-order valence-corrected chi connectivity index (χ4v) is 2.86. The minimum Gasteiger partial charge on any atom is -0.496 e. The fraction of sp³-hybridized carbons (Fsp3) is 0.118. The monoisotopic (exact) mass is 348 g/mol. The molecule has 0 unspecified atom stereocenters. The van der Waals surface area contributed by atoms with E-state index in [1.807, 2.05) is 29.8 Å². The summed E-state index contributed by atoms with van der Waals surface area (Å²) in [5.41, 5.74) is 1.88. The Bertz CT molecular complexity index is 903. The van der Waals surface area contributed by atoms with Crippen molar-refractivity contribution in [3.63, 3.8) is 0 Å². The third kappa shape index (κ3) is 2.76. The van der Waals surface area contributed by atoms with Gasteiger partial charge in [-0.05, 0) is 30.3 Å². The largest absolute Gasteiger partial charge is 0.496 e. The van der Waals surface area contributed by atoms with Crippen molar-refractivity contribution in [2.24, 2.45) is 7.05 Å². The lowest BCUT2D eigenvalue weighted by Gasteiger charge is -2.09. The first-order valence-corrected chi connectivity index (χ1v) is 7.66. The number of methoxy groups -OCH3 is 1. The van der Waals surface area contributed by atoms with Crippen LogP contribution in [0.4, 0.5) is 5.69 Å². The number of nitrogens with zero attached hydrogens (tertiary/aromatic N) is 1. The van der Waals surface area contributed by atoms with Crippen molar-refractivity contribution < 1.29 is 9.53 Å². The predicted molar refractivity (Wildman–Crippen MR) is 93.9 cm³/mol. The molecule has 2 aromatic carbocycles. The SMILES string of the molecule is COc1cccc2c1cc(C(=O)Nc1cccc(Cl)c1Cl)n2C. The van der Waals surface area contributed by atoms with E-state index in [4.69, 9.17) is 27.9 Å². The first kappa shape index (κ1) is 15.7. The molecule has 3 rings (SSSR count). The number of anilines is 1. The van der Waals surface area contributed by atoms with Gasteiger partial charge in [-0.2, -0.15) is 0 Å². The minimum atomic E-state index is -0.269. The van der Waals surface area contributed by atoms with Crippen LogP contribution in [0.25, 0.3) is 10.9 Å². The summed E-state index contributed by atoms with van der Waals surface area (Å²) in [6, 6.07) is 12.6. The van der Waals surface area contributed by atoms with E-state index in [1.54, 1.807) is 31.4 Å². The summed E-state index contributed by atoms with van der Waals surface area (Å²) in [6.45, 7) is 0. The van der Waals surface area contributed by atoms with E-state index in [-0.39, 0.29) is 5.91 Å². The number of benzene rings is 2. The second-order valence-electron chi connectivity index (χ2n) is 5.04. The van der Waals surface area contributed by atoms with Crippen LogP contribution in [0.15, 0.2) is 42.5 Å². The Labute approximate surface area is 143 Å². The van der Waals surface area contributed by atoms with E-state index < -0.39 is 0 Å². The highest BCUT2D eigenvalue weighted by Crippen LogP contribution is 2.31. The fourth-order valence-electron chi connectivity index (χ4n) is 2.52. The molecule has 4 nitrogen and oxygen atoms in total. The third-order valence-electron chi connectivity index (χ3n) is 3.70. The van der Waals surface area contributed by atoms with Gasteiger partial charge < -0.3 is 14.6 Å². The van der Waals surface area contributed by atoms with Crippen LogP contribution in [0, 0.1) is 0 Å². The van der Waals surface area contributed by atoms with Gasteiger partial charge in [0.05, 0.1) is 28.4 Å². The smallest absolute Gasteiger partial charge is 0.272 e. The molecule has 0 aliphatic carbocycles. The molecule has 0 radical (unpaired) electrons. The van der Waals surface area contributed by atoms with Gasteiger partial charge in [0.2, 0.25) is 0 Å². The Morgan fingerprint density at radius 2 is 1.91 bits per heavy atom. The molecular formula is C17H14Cl2N2O2. The molecule has 6 heteroatoms. The molecule has 23 heavy (non-hydrogen) atoms. The van der Waals surface area contributed by atoms with Crippen molar-refractivity contribution in [2.45, 2.75) is 0 Å². The van der Waals surface area contributed by atoms with Gasteiger partial charge in [-0.3, -0.25) is 4.79 Å². The Hall–Kier alpha value is -2.17. The molecule has 0 saturated heterocycles. The van der Waals surface area contributed by atoms with E-state index in [0.29, 0.717) is 21.4 Å². The Morgan fingerprint density at radius 1 is 1.17 bits per heavy atom. The third-order valence-corrected chi connectivity index (χ3v) is 4.52. The van der Waals surface area contributed by atoms with Gasteiger partial charge in [0.25, 0.3) is 5.91 Å². The number of carbonyl (C=O) groups is 1. The molecule has 1 amide bonds. The maximum Gasteiger partial charge on any atom is 0.272 e. The number of hydrogen-bond acceptors (Lipinski definition) is 2. The number of rotatable bonds is 3. The summed E-state index contributed by atoms with van der Waals surface area (Å²) in [5.74, 6) is 0.452. The standard InChI is InChI=1S/C17H14Cl2N2O2/c1-21-13-7-4-8-15(23-2)10(13)9-14(21)17(22)20-12-6-3-5-11(18)16(12)19/h3-9H,1-2H3,(H,20,22). The van der Waals surface area contributed by atoms with Crippen LogP contribution in [-0.4, -0.2) is 17.6 Å². The molecule has 118 valence electrons. The van der Waals surface area contributed by atoms with Crippen molar-refractivity contribution in [3.8, 4) is 5.75 Å². The van der Waals surface area contributed by atoms with Gasteiger partial charge in [0, 0.05) is 12.4 Å². The summed E-state index contributed by atoms with van der Waals surface area (Å²) in [4.78, 5) is 12.6. The Balaban J connectivity index is 2.01. The summed E-state index contributed by atoms with van der Waals surface area (Å²) < 4.78 is 7.16. The molecule has 0 aliphatic heterocycles. The highest BCUT2D eigenvalue weighted by Gasteiger charge is 2.17. The molecule has 0 saturated carbocycles. The van der Waals surface area contributed by atoms with Gasteiger partial charge >= 0.3 is 0 Å². The second-order valence-corrected chi connectivity index (χ2v) is 5.82. The van der Waals surface area contributed by atoms with Crippen LogP contribution in [0.2, 0.25) is 10.0 Å². The molecule has 1 heterocycles. The molecule has 0 spiro atoms. The van der Waals surface area contributed by atoms with Gasteiger partial charge in [-0.15, -0.1) is 0 Å². The average molecular weight is 349 g/mol. The zero-order valence-electron chi connectivity index (χ0n) is 12.6. The average Bonchev–Trinajstić information content (AvgIpc) is 2.89. The Kier molecular flexibility index (Phi) is 4.20. The van der Waals surface area contributed by atoms with Crippen molar-refractivity contribution in [1.29, 1.82) is 0 Å². The zero-order valence-corrected chi connectivity index (χ0v) is 14.1. The van der Waals surface area contributed by atoms with Crippen molar-refractivity contribution >= 4 is 45.7 Å². The predicted octanol–water partition coefficient (Wildman–Crippen LogP) is 4.75. The zero-order chi connectivity index (χ0) is 16.6. The maximum atomic E-state index is 12.6. The number of nitrogens with one attached hydrogen (secondary N) is 1. The Morgan fingerprint density at radius 3 is 2.65 bits per heavy atom. The van der Waals surface area contributed by atoms with Gasteiger partial charge in [0.15, 0.2) is 0 Å². The molecular weight excluding hydrogens is 335 g/mol. The number of carbonyl (C=O) groups excluding carboxylic acids is 1. The molecule has 3 aromatic rings. The number of aryl methyl sites for hydroxylation is 1. The number of aromatic nitrogens is 1. The molecule has 1 N–H and O–H groups in total. The van der Waals surface area contributed by atoms with Crippen molar-refractivity contribution in [3.05, 3.63) is 58.2 Å². The molecule has 0 aliphatic rings. The van der Waals surface area contributed by atoms with Crippen LogP contribution in [0.1, 0.15) is 10.5 Å².